The Kier molecular flexibility index (Phi) is 5.24. The molecule has 0 spiro atoms. The lowest BCUT2D eigenvalue weighted by Gasteiger charge is -2.19. The number of hydrogen-bond acceptors (Lipinski definition) is 4. The Morgan fingerprint density at radius 1 is 1.17 bits per heavy atom. The lowest BCUT2D eigenvalue weighted by Crippen LogP contribution is -2.37. The standard InChI is InChI=1S/C22H24N4O2S/c1-14(2)16-7-9-17(10-8-16)26-12-11-25(22(26)28)13-19(27)23-21-24-20-15(3)5-4-6-18(20)29-21/h4-10,14H,11-13H2,1-3H3,(H,23,24,27). The molecule has 0 bridgehead atoms. The van der Waals surface area contributed by atoms with Crippen molar-refractivity contribution < 1.29 is 9.59 Å². The first-order chi connectivity index (χ1) is 13.9. The molecule has 3 amide bonds. The lowest BCUT2D eigenvalue weighted by molar-refractivity contribution is -0.116. The number of anilines is 2. The van der Waals surface area contributed by atoms with E-state index in [0.717, 1.165) is 21.5 Å². The quantitative estimate of drug-likeness (QED) is 0.670. The number of fused-ring (bicyclic) bond motifs is 1. The van der Waals surface area contributed by atoms with Crippen molar-refractivity contribution in [2.24, 2.45) is 0 Å². The first-order valence-corrected chi connectivity index (χ1v) is 10.6. The second-order valence-electron chi connectivity index (χ2n) is 7.59. The van der Waals surface area contributed by atoms with Gasteiger partial charge >= 0.3 is 6.03 Å². The maximum Gasteiger partial charge on any atom is 0.325 e. The number of para-hydroxylation sites is 1. The Morgan fingerprint density at radius 3 is 2.62 bits per heavy atom. The summed E-state index contributed by atoms with van der Waals surface area (Å²) in [6.45, 7) is 7.41. The van der Waals surface area contributed by atoms with Crippen LogP contribution in [0.2, 0.25) is 0 Å². The number of aromatic nitrogens is 1. The minimum absolute atomic E-state index is 0.0221. The number of rotatable bonds is 5. The Labute approximate surface area is 174 Å². The van der Waals surface area contributed by atoms with Crippen LogP contribution in [-0.4, -0.2) is 41.5 Å². The van der Waals surface area contributed by atoms with E-state index in [9.17, 15) is 9.59 Å². The Hall–Kier alpha value is -2.93. The summed E-state index contributed by atoms with van der Waals surface area (Å²) in [7, 11) is 0. The van der Waals surface area contributed by atoms with E-state index in [2.05, 4.69) is 36.3 Å². The van der Waals surface area contributed by atoms with Gasteiger partial charge in [-0.25, -0.2) is 9.78 Å². The van der Waals surface area contributed by atoms with E-state index in [4.69, 9.17) is 0 Å². The van der Waals surface area contributed by atoms with Gasteiger partial charge in [-0.1, -0.05) is 49.4 Å². The van der Waals surface area contributed by atoms with Crippen LogP contribution in [0.3, 0.4) is 0 Å². The number of thiazole rings is 1. The number of hydrogen-bond donors (Lipinski definition) is 1. The first kappa shape index (κ1) is 19.4. The number of amides is 3. The normalized spacial score (nSPS) is 14.3. The molecule has 1 aliphatic heterocycles. The van der Waals surface area contributed by atoms with Gasteiger partial charge in [-0.3, -0.25) is 9.69 Å². The Balaban J connectivity index is 1.39. The average molecular weight is 409 g/mol. The molecule has 1 N–H and O–H groups in total. The molecule has 3 aromatic rings. The van der Waals surface area contributed by atoms with Gasteiger partial charge in [-0.05, 0) is 42.2 Å². The number of nitrogens with one attached hydrogen (secondary N) is 1. The summed E-state index contributed by atoms with van der Waals surface area (Å²) in [6, 6.07) is 13.9. The summed E-state index contributed by atoms with van der Waals surface area (Å²) in [5.41, 5.74) is 4.08. The van der Waals surface area contributed by atoms with Gasteiger partial charge in [0.05, 0.1) is 10.2 Å². The van der Waals surface area contributed by atoms with Crippen molar-refractivity contribution in [2.45, 2.75) is 26.7 Å². The molecule has 150 valence electrons. The van der Waals surface area contributed by atoms with E-state index in [0.29, 0.717) is 24.1 Å². The van der Waals surface area contributed by atoms with Gasteiger partial charge in [0.2, 0.25) is 5.91 Å². The summed E-state index contributed by atoms with van der Waals surface area (Å²) in [5.74, 6) is 0.219. The molecule has 1 fully saturated rings. The van der Waals surface area contributed by atoms with Crippen molar-refractivity contribution in [3.63, 3.8) is 0 Å². The van der Waals surface area contributed by atoms with Crippen LogP contribution in [0.25, 0.3) is 10.2 Å². The van der Waals surface area contributed by atoms with Crippen molar-refractivity contribution in [2.75, 3.05) is 29.9 Å². The van der Waals surface area contributed by atoms with E-state index < -0.39 is 0 Å². The highest BCUT2D eigenvalue weighted by atomic mass is 32.1. The third-order valence-electron chi connectivity index (χ3n) is 5.17. The highest BCUT2D eigenvalue weighted by Crippen LogP contribution is 2.28. The van der Waals surface area contributed by atoms with Gasteiger partial charge in [0.15, 0.2) is 5.13 Å². The molecular formula is C22H24N4O2S. The van der Waals surface area contributed by atoms with E-state index in [1.165, 1.54) is 16.9 Å². The molecule has 2 aromatic carbocycles. The summed E-state index contributed by atoms with van der Waals surface area (Å²) in [5, 5.41) is 3.40. The van der Waals surface area contributed by atoms with E-state index in [1.807, 2.05) is 37.3 Å². The van der Waals surface area contributed by atoms with E-state index >= 15 is 0 Å². The van der Waals surface area contributed by atoms with Crippen molar-refractivity contribution in [3.8, 4) is 0 Å². The van der Waals surface area contributed by atoms with Gasteiger partial charge in [0, 0.05) is 18.8 Å². The van der Waals surface area contributed by atoms with Crippen molar-refractivity contribution in [1.29, 1.82) is 0 Å². The van der Waals surface area contributed by atoms with Crippen LogP contribution in [0.1, 0.15) is 30.9 Å². The van der Waals surface area contributed by atoms with Gasteiger partial charge in [0.1, 0.15) is 6.54 Å². The van der Waals surface area contributed by atoms with Crippen LogP contribution in [0.4, 0.5) is 15.6 Å². The predicted octanol–water partition coefficient (Wildman–Crippen LogP) is 4.61. The second-order valence-corrected chi connectivity index (χ2v) is 8.62. The van der Waals surface area contributed by atoms with E-state index in [-0.39, 0.29) is 18.5 Å². The van der Waals surface area contributed by atoms with Crippen LogP contribution in [0.5, 0.6) is 0 Å². The fourth-order valence-corrected chi connectivity index (χ4v) is 4.44. The van der Waals surface area contributed by atoms with Crippen molar-refractivity contribution in [1.82, 2.24) is 9.88 Å². The lowest BCUT2D eigenvalue weighted by atomic mass is 10.0. The molecule has 1 aliphatic rings. The maximum absolute atomic E-state index is 12.8. The molecular weight excluding hydrogens is 384 g/mol. The third kappa shape index (κ3) is 3.96. The van der Waals surface area contributed by atoms with Crippen molar-refractivity contribution in [3.05, 3.63) is 53.6 Å². The first-order valence-electron chi connectivity index (χ1n) is 9.75. The summed E-state index contributed by atoms with van der Waals surface area (Å²) >= 11 is 1.44. The zero-order chi connectivity index (χ0) is 20.5. The molecule has 29 heavy (non-hydrogen) atoms. The molecule has 4 rings (SSSR count). The van der Waals surface area contributed by atoms with Crippen LogP contribution in [0, 0.1) is 6.92 Å². The molecule has 1 saturated heterocycles. The van der Waals surface area contributed by atoms with E-state index in [1.54, 1.807) is 9.80 Å². The molecule has 1 aromatic heterocycles. The largest absolute Gasteiger partial charge is 0.325 e. The number of urea groups is 1. The average Bonchev–Trinajstić information content (AvgIpc) is 3.26. The molecule has 0 atom stereocenters. The van der Waals surface area contributed by atoms with Gasteiger partial charge in [0.25, 0.3) is 0 Å². The Bertz CT molecular complexity index is 1060. The highest BCUT2D eigenvalue weighted by molar-refractivity contribution is 7.22. The summed E-state index contributed by atoms with van der Waals surface area (Å²) < 4.78 is 1.04. The molecule has 0 saturated carbocycles. The smallest absolute Gasteiger partial charge is 0.313 e. The number of nitrogens with zero attached hydrogens (tertiary/aromatic N) is 3. The number of benzene rings is 2. The molecule has 7 heteroatoms. The molecule has 0 aliphatic carbocycles. The van der Waals surface area contributed by atoms with Crippen LogP contribution >= 0.6 is 11.3 Å². The molecule has 2 heterocycles. The Morgan fingerprint density at radius 2 is 1.93 bits per heavy atom. The third-order valence-corrected chi connectivity index (χ3v) is 6.10. The summed E-state index contributed by atoms with van der Waals surface area (Å²) in [6.07, 6.45) is 0. The highest BCUT2D eigenvalue weighted by Gasteiger charge is 2.31. The molecule has 0 unspecified atom stereocenters. The number of carbonyl (C=O) groups excluding carboxylic acids is 2. The fourth-order valence-electron chi connectivity index (χ4n) is 3.48. The van der Waals surface area contributed by atoms with Crippen molar-refractivity contribution >= 4 is 44.3 Å². The zero-order valence-corrected chi connectivity index (χ0v) is 17.6. The minimum Gasteiger partial charge on any atom is -0.313 e. The van der Waals surface area contributed by atoms with Gasteiger partial charge in [-0.2, -0.15) is 0 Å². The zero-order valence-electron chi connectivity index (χ0n) is 16.8. The monoisotopic (exact) mass is 408 g/mol. The SMILES string of the molecule is Cc1cccc2sc(NC(=O)CN3CCN(c4ccc(C(C)C)cc4)C3=O)nc12. The fraction of sp³-hybridized carbons (Fsp3) is 0.318. The topological polar surface area (TPSA) is 65.5 Å². The van der Waals surface area contributed by atoms with Gasteiger partial charge < -0.3 is 10.2 Å². The maximum atomic E-state index is 12.8. The number of aryl methyl sites for hydroxylation is 1. The second kappa shape index (κ2) is 7.83. The number of carbonyl (C=O) groups is 2. The van der Waals surface area contributed by atoms with Crippen LogP contribution in [0.15, 0.2) is 42.5 Å². The predicted molar refractivity (Wildman–Crippen MR) is 118 cm³/mol. The van der Waals surface area contributed by atoms with Crippen LogP contribution in [-0.2, 0) is 4.79 Å². The summed E-state index contributed by atoms with van der Waals surface area (Å²) in [4.78, 5) is 33.0. The molecule has 0 radical (unpaired) electrons. The molecule has 6 nitrogen and oxygen atoms in total. The minimum atomic E-state index is -0.230. The van der Waals surface area contributed by atoms with Crippen LogP contribution < -0.4 is 10.2 Å². The van der Waals surface area contributed by atoms with Gasteiger partial charge in [-0.15, -0.1) is 0 Å².